The molecule has 0 aliphatic carbocycles. The number of nitrogens with zero attached hydrogens (tertiary/aromatic N) is 2. The summed E-state index contributed by atoms with van der Waals surface area (Å²) in [5.74, 6) is 0. The first kappa shape index (κ1) is 11.7. The van der Waals surface area contributed by atoms with Gasteiger partial charge >= 0.3 is 0 Å². The third kappa shape index (κ3) is 2.33. The van der Waals surface area contributed by atoms with E-state index in [9.17, 15) is 0 Å². The van der Waals surface area contributed by atoms with Crippen LogP contribution in [0.3, 0.4) is 0 Å². The highest BCUT2D eigenvalue weighted by Gasteiger charge is 2.14. The van der Waals surface area contributed by atoms with Crippen LogP contribution in [0, 0.1) is 0 Å². The van der Waals surface area contributed by atoms with Gasteiger partial charge in [-0.25, -0.2) is 0 Å². The fourth-order valence-electron chi connectivity index (χ4n) is 1.86. The summed E-state index contributed by atoms with van der Waals surface area (Å²) >= 11 is 0. The van der Waals surface area contributed by atoms with Crippen LogP contribution in [0.15, 0.2) is 30.5 Å². The monoisotopic (exact) mass is 229 g/mol. The predicted molar refractivity (Wildman–Crippen MR) is 71.8 cm³/mol. The first-order valence-electron chi connectivity index (χ1n) is 5.78. The predicted octanol–water partition coefficient (Wildman–Crippen LogP) is 2.97. The summed E-state index contributed by atoms with van der Waals surface area (Å²) in [5.41, 5.74) is 10.0. The minimum absolute atomic E-state index is 0.175. The highest BCUT2D eigenvalue weighted by Crippen LogP contribution is 2.27. The van der Waals surface area contributed by atoms with Gasteiger partial charge in [-0.05, 0) is 11.0 Å². The minimum Gasteiger partial charge on any atom is -0.396 e. The zero-order chi connectivity index (χ0) is 12.6. The van der Waals surface area contributed by atoms with Gasteiger partial charge in [-0.1, -0.05) is 45.0 Å². The molecule has 0 aliphatic rings. The molecule has 2 N–H and O–H groups in total. The van der Waals surface area contributed by atoms with E-state index in [0.717, 1.165) is 16.9 Å². The van der Waals surface area contributed by atoms with Crippen molar-refractivity contribution in [2.75, 3.05) is 5.73 Å². The fourth-order valence-corrected chi connectivity index (χ4v) is 1.86. The van der Waals surface area contributed by atoms with Crippen molar-refractivity contribution in [1.29, 1.82) is 0 Å². The van der Waals surface area contributed by atoms with Gasteiger partial charge in [0.05, 0.1) is 5.69 Å². The zero-order valence-corrected chi connectivity index (χ0v) is 10.9. The van der Waals surface area contributed by atoms with Crippen LogP contribution in [0.25, 0.3) is 11.3 Å². The van der Waals surface area contributed by atoms with Crippen molar-refractivity contribution in [3.8, 4) is 11.3 Å². The Labute approximate surface area is 102 Å². The third-order valence-electron chi connectivity index (χ3n) is 2.88. The van der Waals surface area contributed by atoms with Gasteiger partial charge in [0, 0.05) is 18.8 Å². The first-order chi connectivity index (χ1) is 7.88. The zero-order valence-electron chi connectivity index (χ0n) is 10.9. The molecule has 1 aromatic heterocycles. The standard InChI is InChI=1S/C14H19N3/c1-14(2,3)11-7-5-10(6-8-11)13-12(15)9-17(4)16-13/h5-9H,15H2,1-4H3. The van der Waals surface area contributed by atoms with Crippen LogP contribution < -0.4 is 5.73 Å². The van der Waals surface area contributed by atoms with Gasteiger partial charge < -0.3 is 5.73 Å². The Morgan fingerprint density at radius 3 is 2.12 bits per heavy atom. The molecule has 1 heterocycles. The Morgan fingerprint density at radius 2 is 1.71 bits per heavy atom. The maximum absolute atomic E-state index is 5.91. The number of aryl methyl sites for hydroxylation is 1. The Kier molecular flexibility index (Phi) is 2.69. The second-order valence-electron chi connectivity index (χ2n) is 5.43. The normalized spacial score (nSPS) is 11.8. The van der Waals surface area contributed by atoms with E-state index in [2.05, 4.69) is 50.1 Å². The van der Waals surface area contributed by atoms with E-state index in [-0.39, 0.29) is 5.41 Å². The topological polar surface area (TPSA) is 43.8 Å². The molecule has 2 rings (SSSR count). The van der Waals surface area contributed by atoms with Crippen LogP contribution in [-0.2, 0) is 12.5 Å². The Balaban J connectivity index is 2.39. The molecule has 0 aliphatic heterocycles. The number of nitrogens with two attached hydrogens (primary N) is 1. The summed E-state index contributed by atoms with van der Waals surface area (Å²) in [5, 5.41) is 4.36. The first-order valence-corrected chi connectivity index (χ1v) is 5.78. The van der Waals surface area contributed by atoms with Gasteiger partial charge in [0.2, 0.25) is 0 Å². The minimum atomic E-state index is 0.175. The van der Waals surface area contributed by atoms with E-state index in [1.807, 2.05) is 13.2 Å². The lowest BCUT2D eigenvalue weighted by Crippen LogP contribution is -2.10. The fraction of sp³-hybridized carbons (Fsp3) is 0.357. The van der Waals surface area contributed by atoms with Crippen molar-refractivity contribution >= 4 is 5.69 Å². The van der Waals surface area contributed by atoms with Crippen LogP contribution in [0.5, 0.6) is 0 Å². The maximum Gasteiger partial charge on any atom is 0.115 e. The lowest BCUT2D eigenvalue weighted by molar-refractivity contribution is 0.590. The molecule has 3 heteroatoms. The largest absolute Gasteiger partial charge is 0.396 e. The van der Waals surface area contributed by atoms with Gasteiger partial charge in [0.1, 0.15) is 5.69 Å². The lowest BCUT2D eigenvalue weighted by atomic mass is 9.86. The highest BCUT2D eigenvalue weighted by atomic mass is 15.3. The van der Waals surface area contributed by atoms with Gasteiger partial charge in [0.15, 0.2) is 0 Å². The molecule has 3 nitrogen and oxygen atoms in total. The molecule has 0 fully saturated rings. The van der Waals surface area contributed by atoms with Crippen LogP contribution in [0.4, 0.5) is 5.69 Å². The number of rotatable bonds is 1. The number of aromatic nitrogens is 2. The molecule has 90 valence electrons. The SMILES string of the molecule is Cn1cc(N)c(-c2ccc(C(C)(C)C)cc2)n1. The highest BCUT2D eigenvalue weighted by molar-refractivity contribution is 5.72. The molecule has 0 radical (unpaired) electrons. The number of benzene rings is 1. The molecule has 2 aromatic rings. The van der Waals surface area contributed by atoms with Crippen molar-refractivity contribution in [3.05, 3.63) is 36.0 Å². The van der Waals surface area contributed by atoms with Gasteiger partial charge in [-0.15, -0.1) is 0 Å². The number of hydrogen-bond acceptors (Lipinski definition) is 2. The van der Waals surface area contributed by atoms with Gasteiger partial charge in [-0.3, -0.25) is 4.68 Å². The van der Waals surface area contributed by atoms with E-state index < -0.39 is 0 Å². The van der Waals surface area contributed by atoms with Crippen molar-refractivity contribution in [1.82, 2.24) is 9.78 Å². The van der Waals surface area contributed by atoms with Crippen molar-refractivity contribution in [2.45, 2.75) is 26.2 Å². The van der Waals surface area contributed by atoms with Crippen LogP contribution in [0.2, 0.25) is 0 Å². The summed E-state index contributed by atoms with van der Waals surface area (Å²) in [4.78, 5) is 0. The summed E-state index contributed by atoms with van der Waals surface area (Å²) in [6, 6.07) is 8.45. The van der Waals surface area contributed by atoms with Crippen molar-refractivity contribution < 1.29 is 0 Å². The van der Waals surface area contributed by atoms with E-state index >= 15 is 0 Å². The van der Waals surface area contributed by atoms with Crippen molar-refractivity contribution in [2.24, 2.45) is 7.05 Å². The molecule has 0 atom stereocenters. The second-order valence-corrected chi connectivity index (χ2v) is 5.43. The summed E-state index contributed by atoms with van der Waals surface area (Å²) in [6.45, 7) is 6.62. The lowest BCUT2D eigenvalue weighted by Gasteiger charge is -2.18. The molecule has 0 spiro atoms. The maximum atomic E-state index is 5.91. The van der Waals surface area contributed by atoms with E-state index in [0.29, 0.717) is 0 Å². The summed E-state index contributed by atoms with van der Waals surface area (Å²) < 4.78 is 1.74. The smallest absolute Gasteiger partial charge is 0.115 e. The van der Waals surface area contributed by atoms with Gasteiger partial charge in [-0.2, -0.15) is 5.10 Å². The van der Waals surface area contributed by atoms with E-state index in [1.54, 1.807) is 4.68 Å². The molecule has 1 aromatic carbocycles. The second kappa shape index (κ2) is 3.91. The Morgan fingerprint density at radius 1 is 1.12 bits per heavy atom. The molecule has 0 saturated heterocycles. The molecular weight excluding hydrogens is 210 g/mol. The van der Waals surface area contributed by atoms with E-state index in [4.69, 9.17) is 5.73 Å². The number of nitrogen functional groups attached to an aromatic ring is 1. The van der Waals surface area contributed by atoms with Crippen molar-refractivity contribution in [3.63, 3.8) is 0 Å². The van der Waals surface area contributed by atoms with Gasteiger partial charge in [0.25, 0.3) is 0 Å². The molecule has 17 heavy (non-hydrogen) atoms. The van der Waals surface area contributed by atoms with Crippen LogP contribution >= 0.6 is 0 Å². The average Bonchev–Trinajstić information content (AvgIpc) is 2.57. The Hall–Kier alpha value is -1.77. The van der Waals surface area contributed by atoms with Crippen LogP contribution in [0.1, 0.15) is 26.3 Å². The molecular formula is C14H19N3. The molecule has 0 amide bonds. The quantitative estimate of drug-likeness (QED) is 0.817. The average molecular weight is 229 g/mol. The summed E-state index contributed by atoms with van der Waals surface area (Å²) in [6.07, 6.45) is 1.83. The number of hydrogen-bond donors (Lipinski definition) is 1. The Bertz CT molecular complexity index is 515. The number of anilines is 1. The molecule has 0 saturated carbocycles. The summed E-state index contributed by atoms with van der Waals surface area (Å²) in [7, 11) is 1.88. The molecule has 0 unspecified atom stereocenters. The van der Waals surface area contributed by atoms with Crippen LogP contribution in [-0.4, -0.2) is 9.78 Å². The van der Waals surface area contributed by atoms with E-state index in [1.165, 1.54) is 5.56 Å². The third-order valence-corrected chi connectivity index (χ3v) is 2.88. The molecule has 0 bridgehead atoms.